The molecule has 0 saturated heterocycles. The topological polar surface area (TPSA) is 99.3 Å². The van der Waals surface area contributed by atoms with Gasteiger partial charge < -0.3 is 15.4 Å². The predicted octanol–water partition coefficient (Wildman–Crippen LogP) is 0.748. The summed E-state index contributed by atoms with van der Waals surface area (Å²) in [5.41, 5.74) is -1.44. The van der Waals surface area contributed by atoms with Crippen LogP contribution in [0.4, 0.5) is 0 Å². The maximum absolute atomic E-state index is 12.0. The molecule has 0 spiro atoms. The van der Waals surface area contributed by atoms with Crippen LogP contribution in [0.5, 0.6) is 0 Å². The molecule has 2 rings (SSSR count). The lowest BCUT2D eigenvalue weighted by Gasteiger charge is -2.27. The van der Waals surface area contributed by atoms with Crippen molar-refractivity contribution in [2.24, 2.45) is 5.41 Å². The SMILES string of the molecule is CC1(C(=O)O)CCCC1NC(=O)c1ccc[nH]c1=O. The zero-order chi connectivity index (χ0) is 14.0. The Morgan fingerprint density at radius 1 is 1.53 bits per heavy atom. The van der Waals surface area contributed by atoms with Crippen molar-refractivity contribution in [2.45, 2.75) is 32.2 Å². The number of carboxylic acid groups (broad SMARTS) is 1. The van der Waals surface area contributed by atoms with E-state index in [0.29, 0.717) is 12.8 Å². The van der Waals surface area contributed by atoms with Crippen molar-refractivity contribution in [2.75, 3.05) is 0 Å². The van der Waals surface area contributed by atoms with Gasteiger partial charge in [-0.05, 0) is 31.9 Å². The number of hydrogen-bond acceptors (Lipinski definition) is 3. The van der Waals surface area contributed by atoms with Crippen molar-refractivity contribution < 1.29 is 14.7 Å². The minimum absolute atomic E-state index is 0.00198. The highest BCUT2D eigenvalue weighted by Crippen LogP contribution is 2.38. The van der Waals surface area contributed by atoms with Crippen molar-refractivity contribution >= 4 is 11.9 Å². The Morgan fingerprint density at radius 2 is 2.26 bits per heavy atom. The van der Waals surface area contributed by atoms with Gasteiger partial charge in [-0.3, -0.25) is 14.4 Å². The standard InChI is InChI=1S/C13H16N2O4/c1-13(12(18)19)6-2-5-9(13)15-11(17)8-4-3-7-14-10(8)16/h3-4,7,9H,2,5-6H2,1H3,(H,14,16)(H,15,17)(H,18,19). The summed E-state index contributed by atoms with van der Waals surface area (Å²) >= 11 is 0. The van der Waals surface area contributed by atoms with Crippen molar-refractivity contribution in [3.63, 3.8) is 0 Å². The van der Waals surface area contributed by atoms with Gasteiger partial charge in [0.25, 0.3) is 11.5 Å². The average molecular weight is 264 g/mol. The van der Waals surface area contributed by atoms with Crippen LogP contribution in [0.25, 0.3) is 0 Å². The van der Waals surface area contributed by atoms with Gasteiger partial charge in [0.15, 0.2) is 0 Å². The third kappa shape index (κ3) is 2.38. The monoisotopic (exact) mass is 264 g/mol. The first kappa shape index (κ1) is 13.3. The van der Waals surface area contributed by atoms with E-state index >= 15 is 0 Å². The van der Waals surface area contributed by atoms with Crippen LogP contribution in [0, 0.1) is 5.41 Å². The molecule has 0 aliphatic heterocycles. The Balaban J connectivity index is 2.18. The summed E-state index contributed by atoms with van der Waals surface area (Å²) in [5.74, 6) is -1.45. The fourth-order valence-corrected chi connectivity index (χ4v) is 2.49. The second-order valence-electron chi connectivity index (χ2n) is 5.05. The molecule has 2 atom stereocenters. The molecule has 1 heterocycles. The summed E-state index contributed by atoms with van der Waals surface area (Å²) < 4.78 is 0. The summed E-state index contributed by atoms with van der Waals surface area (Å²) in [6.45, 7) is 1.63. The van der Waals surface area contributed by atoms with E-state index in [1.807, 2.05) is 0 Å². The van der Waals surface area contributed by atoms with E-state index in [-0.39, 0.29) is 5.56 Å². The van der Waals surface area contributed by atoms with Crippen molar-refractivity contribution in [3.8, 4) is 0 Å². The van der Waals surface area contributed by atoms with Gasteiger partial charge in [-0.15, -0.1) is 0 Å². The lowest BCUT2D eigenvalue weighted by molar-refractivity contribution is -0.148. The van der Waals surface area contributed by atoms with E-state index in [4.69, 9.17) is 0 Å². The molecule has 1 aliphatic carbocycles. The number of amides is 1. The molecule has 1 amide bonds. The third-order valence-corrected chi connectivity index (χ3v) is 3.81. The molecule has 0 bridgehead atoms. The largest absolute Gasteiger partial charge is 0.481 e. The van der Waals surface area contributed by atoms with Crippen LogP contribution in [-0.2, 0) is 4.79 Å². The van der Waals surface area contributed by atoms with Crippen LogP contribution in [0.15, 0.2) is 23.1 Å². The molecule has 3 N–H and O–H groups in total. The highest BCUT2D eigenvalue weighted by Gasteiger charge is 2.46. The summed E-state index contributed by atoms with van der Waals surface area (Å²) in [6.07, 6.45) is 3.33. The Labute approximate surface area is 109 Å². The molecular weight excluding hydrogens is 248 g/mol. The molecule has 102 valence electrons. The molecule has 6 nitrogen and oxygen atoms in total. The van der Waals surface area contributed by atoms with Crippen molar-refractivity contribution in [1.82, 2.24) is 10.3 Å². The Morgan fingerprint density at radius 3 is 2.89 bits per heavy atom. The van der Waals surface area contributed by atoms with E-state index in [1.165, 1.54) is 12.3 Å². The molecule has 2 unspecified atom stereocenters. The molecule has 19 heavy (non-hydrogen) atoms. The van der Waals surface area contributed by atoms with Crippen LogP contribution >= 0.6 is 0 Å². The first-order valence-corrected chi connectivity index (χ1v) is 6.17. The van der Waals surface area contributed by atoms with E-state index in [9.17, 15) is 19.5 Å². The first-order valence-electron chi connectivity index (χ1n) is 6.17. The van der Waals surface area contributed by atoms with Crippen LogP contribution in [0.1, 0.15) is 36.5 Å². The second-order valence-corrected chi connectivity index (χ2v) is 5.05. The lowest BCUT2D eigenvalue weighted by atomic mass is 9.85. The third-order valence-electron chi connectivity index (χ3n) is 3.81. The molecular formula is C13H16N2O4. The number of pyridine rings is 1. The quantitative estimate of drug-likeness (QED) is 0.750. The van der Waals surface area contributed by atoms with Gasteiger partial charge in [-0.25, -0.2) is 0 Å². The minimum atomic E-state index is -0.961. The molecule has 1 aliphatic rings. The predicted molar refractivity (Wildman–Crippen MR) is 67.9 cm³/mol. The van der Waals surface area contributed by atoms with Gasteiger partial charge in [0, 0.05) is 12.2 Å². The Bertz CT molecular complexity index is 566. The highest BCUT2D eigenvalue weighted by molar-refractivity contribution is 5.94. The number of nitrogens with one attached hydrogen (secondary N) is 2. The molecule has 1 saturated carbocycles. The number of H-pyrrole nitrogens is 1. The Hall–Kier alpha value is -2.11. The molecule has 0 radical (unpaired) electrons. The van der Waals surface area contributed by atoms with Crippen LogP contribution in [-0.4, -0.2) is 28.0 Å². The van der Waals surface area contributed by atoms with Gasteiger partial charge >= 0.3 is 5.97 Å². The number of aliphatic carboxylic acids is 1. The highest BCUT2D eigenvalue weighted by atomic mass is 16.4. The number of aromatic amines is 1. The normalized spacial score (nSPS) is 26.1. The number of rotatable bonds is 3. The molecule has 1 fully saturated rings. The fraction of sp³-hybridized carbons (Fsp3) is 0.462. The van der Waals surface area contributed by atoms with E-state index in [2.05, 4.69) is 10.3 Å². The summed E-state index contributed by atoms with van der Waals surface area (Å²) in [4.78, 5) is 37.2. The van der Waals surface area contributed by atoms with Gasteiger partial charge in [0.1, 0.15) is 5.56 Å². The van der Waals surface area contributed by atoms with E-state index in [1.54, 1.807) is 13.0 Å². The molecule has 6 heteroatoms. The van der Waals surface area contributed by atoms with Crippen LogP contribution in [0.2, 0.25) is 0 Å². The lowest BCUT2D eigenvalue weighted by Crippen LogP contribution is -2.47. The van der Waals surface area contributed by atoms with Gasteiger partial charge in [0.2, 0.25) is 0 Å². The number of carbonyl (C=O) groups excluding carboxylic acids is 1. The maximum atomic E-state index is 12.0. The maximum Gasteiger partial charge on any atom is 0.311 e. The summed E-state index contributed by atoms with van der Waals surface area (Å²) in [6, 6.07) is 2.53. The number of aromatic nitrogens is 1. The summed E-state index contributed by atoms with van der Waals surface area (Å²) in [5, 5.41) is 11.9. The molecule has 1 aromatic heterocycles. The zero-order valence-corrected chi connectivity index (χ0v) is 10.6. The number of carbonyl (C=O) groups is 2. The average Bonchev–Trinajstić information content (AvgIpc) is 2.73. The van der Waals surface area contributed by atoms with E-state index < -0.39 is 28.9 Å². The fourth-order valence-electron chi connectivity index (χ4n) is 2.49. The smallest absolute Gasteiger partial charge is 0.311 e. The van der Waals surface area contributed by atoms with E-state index in [0.717, 1.165) is 6.42 Å². The van der Waals surface area contributed by atoms with Gasteiger partial charge in [-0.1, -0.05) is 6.42 Å². The molecule has 1 aromatic rings. The van der Waals surface area contributed by atoms with Crippen LogP contribution < -0.4 is 10.9 Å². The van der Waals surface area contributed by atoms with Crippen molar-refractivity contribution in [3.05, 3.63) is 34.2 Å². The van der Waals surface area contributed by atoms with Gasteiger partial charge in [-0.2, -0.15) is 0 Å². The second kappa shape index (κ2) is 4.87. The first-order chi connectivity index (χ1) is 8.95. The molecule has 0 aromatic carbocycles. The van der Waals surface area contributed by atoms with Crippen LogP contribution in [0.3, 0.4) is 0 Å². The Kier molecular flexibility index (Phi) is 3.42. The number of hydrogen-bond donors (Lipinski definition) is 3. The minimum Gasteiger partial charge on any atom is -0.481 e. The summed E-state index contributed by atoms with van der Waals surface area (Å²) in [7, 11) is 0. The zero-order valence-electron chi connectivity index (χ0n) is 10.6. The van der Waals surface area contributed by atoms with Gasteiger partial charge in [0.05, 0.1) is 5.41 Å². The van der Waals surface area contributed by atoms with Crippen molar-refractivity contribution in [1.29, 1.82) is 0 Å². The number of carboxylic acids is 1.